The van der Waals surface area contributed by atoms with E-state index in [2.05, 4.69) is 45.9 Å². The minimum atomic E-state index is 0.586. The third-order valence-corrected chi connectivity index (χ3v) is 4.32. The molecule has 0 aliphatic carbocycles. The van der Waals surface area contributed by atoms with Crippen LogP contribution in [0.25, 0.3) is 0 Å². The van der Waals surface area contributed by atoms with Crippen LogP contribution >= 0.6 is 0 Å². The summed E-state index contributed by atoms with van der Waals surface area (Å²) >= 11 is 0. The fraction of sp³-hybridized carbons (Fsp3) is 0.667. The van der Waals surface area contributed by atoms with E-state index in [9.17, 15) is 0 Å². The molecule has 0 amide bonds. The normalized spacial score (nSPS) is 19.4. The lowest BCUT2D eigenvalue weighted by atomic mass is 10.1. The molecule has 2 rings (SSSR count). The van der Waals surface area contributed by atoms with Crippen molar-refractivity contribution in [3.8, 4) is 0 Å². The van der Waals surface area contributed by atoms with Crippen LogP contribution in [0.5, 0.6) is 0 Å². The topological polar surface area (TPSA) is 53.3 Å². The van der Waals surface area contributed by atoms with Crippen molar-refractivity contribution in [2.45, 2.75) is 31.7 Å². The van der Waals surface area contributed by atoms with Crippen LogP contribution in [0.3, 0.4) is 0 Å². The van der Waals surface area contributed by atoms with Gasteiger partial charge in [-0.25, -0.2) is 0 Å². The van der Waals surface area contributed by atoms with Crippen molar-refractivity contribution < 1.29 is 0 Å². The molecule has 0 bridgehead atoms. The molecule has 1 aromatic rings. The average molecular weight is 304 g/mol. The van der Waals surface area contributed by atoms with E-state index in [1.165, 1.54) is 44.5 Å². The van der Waals surface area contributed by atoms with Gasteiger partial charge >= 0.3 is 0 Å². The second-order valence-electron chi connectivity index (χ2n) is 6.24. The Labute approximate surface area is 135 Å². The lowest BCUT2D eigenvalue weighted by Crippen LogP contribution is -2.54. The Morgan fingerprint density at radius 2 is 2.05 bits per heavy atom. The van der Waals surface area contributed by atoms with Crippen molar-refractivity contribution in [2.75, 3.05) is 45.8 Å². The van der Waals surface area contributed by atoms with Gasteiger partial charge in [-0.1, -0.05) is 30.3 Å². The fourth-order valence-corrected chi connectivity index (χ4v) is 3.06. The zero-order chi connectivity index (χ0) is 15.5. The molecule has 0 saturated carbocycles. The molecule has 1 saturated heterocycles. The molecular weight excluding hydrogens is 272 g/mol. The number of piperazine rings is 1. The van der Waals surface area contributed by atoms with E-state index < -0.39 is 0 Å². The van der Waals surface area contributed by atoms with Crippen LogP contribution in [0.4, 0.5) is 0 Å². The Bertz CT molecular complexity index is 382. The third kappa shape index (κ3) is 6.88. The zero-order valence-corrected chi connectivity index (χ0v) is 13.8. The first kappa shape index (κ1) is 17.4. The van der Waals surface area contributed by atoms with Gasteiger partial charge in [0.1, 0.15) is 0 Å². The molecule has 22 heavy (non-hydrogen) atoms. The van der Waals surface area contributed by atoms with E-state index in [1.807, 2.05) is 0 Å². The van der Waals surface area contributed by atoms with Crippen molar-refractivity contribution >= 4 is 0 Å². The van der Waals surface area contributed by atoms with Crippen LogP contribution in [0.1, 0.15) is 24.8 Å². The summed E-state index contributed by atoms with van der Waals surface area (Å²) < 4.78 is 0. The van der Waals surface area contributed by atoms with E-state index in [1.54, 1.807) is 0 Å². The molecule has 4 heteroatoms. The quantitative estimate of drug-likeness (QED) is 0.569. The molecule has 0 radical (unpaired) electrons. The highest BCUT2D eigenvalue weighted by atomic mass is 15.2. The summed E-state index contributed by atoms with van der Waals surface area (Å²) in [6, 6.07) is 11.4. The molecule has 124 valence electrons. The van der Waals surface area contributed by atoms with E-state index in [0.717, 1.165) is 32.6 Å². The molecule has 0 spiro atoms. The van der Waals surface area contributed by atoms with Crippen LogP contribution < -0.4 is 16.4 Å². The minimum absolute atomic E-state index is 0.586. The third-order valence-electron chi connectivity index (χ3n) is 4.32. The molecular formula is C18H32N4. The zero-order valence-electron chi connectivity index (χ0n) is 13.8. The van der Waals surface area contributed by atoms with Gasteiger partial charge in [0.2, 0.25) is 0 Å². The summed E-state index contributed by atoms with van der Waals surface area (Å²) in [5.41, 5.74) is 6.97. The van der Waals surface area contributed by atoms with Gasteiger partial charge < -0.3 is 21.3 Å². The predicted molar refractivity (Wildman–Crippen MR) is 94.2 cm³/mol. The highest BCUT2D eigenvalue weighted by Gasteiger charge is 2.18. The molecule has 1 heterocycles. The van der Waals surface area contributed by atoms with Gasteiger partial charge in [0.05, 0.1) is 0 Å². The average Bonchev–Trinajstić information content (AvgIpc) is 2.56. The smallest absolute Gasteiger partial charge is 0.0320 e. The fourth-order valence-electron chi connectivity index (χ4n) is 3.06. The first-order chi connectivity index (χ1) is 10.9. The maximum atomic E-state index is 5.51. The van der Waals surface area contributed by atoms with Gasteiger partial charge in [0, 0.05) is 32.2 Å². The van der Waals surface area contributed by atoms with Crippen molar-refractivity contribution in [1.29, 1.82) is 0 Å². The number of nitrogens with two attached hydrogens (primary N) is 1. The Balaban J connectivity index is 1.57. The van der Waals surface area contributed by atoms with Crippen molar-refractivity contribution in [3.63, 3.8) is 0 Å². The standard InChI is InChI=1S/C18H32N4/c19-10-4-5-11-20-15-18-16-22(14-12-21-18)13-6-9-17-7-2-1-3-8-17/h1-3,7-8,18,20-21H,4-6,9-16,19H2. The first-order valence-corrected chi connectivity index (χ1v) is 8.79. The van der Waals surface area contributed by atoms with Gasteiger partial charge in [0.15, 0.2) is 0 Å². The number of hydrogen-bond acceptors (Lipinski definition) is 4. The van der Waals surface area contributed by atoms with Crippen molar-refractivity contribution in [3.05, 3.63) is 35.9 Å². The maximum absolute atomic E-state index is 5.51. The summed E-state index contributed by atoms with van der Waals surface area (Å²) in [4.78, 5) is 2.60. The van der Waals surface area contributed by atoms with Crippen LogP contribution in [0.15, 0.2) is 30.3 Å². The van der Waals surface area contributed by atoms with Crippen molar-refractivity contribution in [2.24, 2.45) is 5.73 Å². The van der Waals surface area contributed by atoms with Crippen LogP contribution in [0, 0.1) is 0 Å². The highest BCUT2D eigenvalue weighted by Crippen LogP contribution is 2.05. The molecule has 1 aliphatic rings. The van der Waals surface area contributed by atoms with Crippen molar-refractivity contribution in [1.82, 2.24) is 15.5 Å². The van der Waals surface area contributed by atoms with Gasteiger partial charge in [-0.2, -0.15) is 0 Å². The largest absolute Gasteiger partial charge is 0.330 e. The number of rotatable bonds is 10. The van der Waals surface area contributed by atoms with Crippen LogP contribution in [-0.2, 0) is 6.42 Å². The molecule has 0 aromatic heterocycles. The number of benzene rings is 1. The molecule has 1 aliphatic heterocycles. The van der Waals surface area contributed by atoms with Gasteiger partial charge in [0.25, 0.3) is 0 Å². The van der Waals surface area contributed by atoms with E-state index in [4.69, 9.17) is 5.73 Å². The SMILES string of the molecule is NCCCCNCC1CN(CCCc2ccccc2)CCN1. The molecule has 1 fully saturated rings. The maximum Gasteiger partial charge on any atom is 0.0320 e. The second-order valence-corrected chi connectivity index (χ2v) is 6.24. The Morgan fingerprint density at radius 1 is 1.18 bits per heavy atom. The highest BCUT2D eigenvalue weighted by molar-refractivity contribution is 5.14. The van der Waals surface area contributed by atoms with Gasteiger partial charge in [-0.3, -0.25) is 0 Å². The van der Waals surface area contributed by atoms with Gasteiger partial charge in [-0.15, -0.1) is 0 Å². The van der Waals surface area contributed by atoms with E-state index >= 15 is 0 Å². The monoisotopic (exact) mass is 304 g/mol. The molecule has 4 N–H and O–H groups in total. The lowest BCUT2D eigenvalue weighted by Gasteiger charge is -2.34. The molecule has 1 atom stereocenters. The Morgan fingerprint density at radius 3 is 2.86 bits per heavy atom. The van der Waals surface area contributed by atoms with Crippen LogP contribution in [0.2, 0.25) is 0 Å². The number of hydrogen-bond donors (Lipinski definition) is 3. The Kier molecular flexibility index (Phi) is 8.49. The molecule has 1 aromatic carbocycles. The second kappa shape index (κ2) is 10.7. The summed E-state index contributed by atoms with van der Waals surface area (Å²) in [6.45, 7) is 7.62. The Hall–Kier alpha value is -0.940. The summed E-state index contributed by atoms with van der Waals surface area (Å²) in [5, 5.41) is 7.17. The van der Waals surface area contributed by atoms with Gasteiger partial charge in [-0.05, 0) is 50.9 Å². The molecule has 1 unspecified atom stereocenters. The van der Waals surface area contributed by atoms with Crippen LogP contribution in [-0.4, -0.2) is 56.8 Å². The first-order valence-electron chi connectivity index (χ1n) is 8.79. The molecule has 4 nitrogen and oxygen atoms in total. The number of nitrogens with zero attached hydrogens (tertiary/aromatic N) is 1. The summed E-state index contributed by atoms with van der Waals surface area (Å²) in [6.07, 6.45) is 4.74. The number of unbranched alkanes of at least 4 members (excludes halogenated alkanes) is 1. The minimum Gasteiger partial charge on any atom is -0.330 e. The summed E-state index contributed by atoms with van der Waals surface area (Å²) in [5.74, 6) is 0. The number of nitrogens with one attached hydrogen (secondary N) is 2. The summed E-state index contributed by atoms with van der Waals surface area (Å²) in [7, 11) is 0. The van der Waals surface area contributed by atoms with E-state index in [-0.39, 0.29) is 0 Å². The number of aryl methyl sites for hydroxylation is 1. The predicted octanol–water partition coefficient (Wildman–Crippen LogP) is 1.22. The lowest BCUT2D eigenvalue weighted by molar-refractivity contribution is 0.195. The van der Waals surface area contributed by atoms with E-state index in [0.29, 0.717) is 6.04 Å².